The Morgan fingerprint density at radius 1 is 1.21 bits per heavy atom. The van der Waals surface area contributed by atoms with Crippen molar-refractivity contribution in [1.82, 2.24) is 4.98 Å². The van der Waals surface area contributed by atoms with Gasteiger partial charge in [0.15, 0.2) is 5.82 Å². The molecular weight excluding hydrogens is 528 g/mol. The van der Waals surface area contributed by atoms with Crippen molar-refractivity contribution in [3.05, 3.63) is 59.5 Å². The van der Waals surface area contributed by atoms with Gasteiger partial charge >= 0.3 is 0 Å². The van der Waals surface area contributed by atoms with Gasteiger partial charge in [0.05, 0.1) is 16.1 Å². The zero-order valence-electron chi connectivity index (χ0n) is 21.0. The number of nitrogens with zero attached hydrogens (tertiary/aromatic N) is 4. The molecule has 13 heteroatoms. The molecule has 3 aromatic rings. The second kappa shape index (κ2) is 13.2. The summed E-state index contributed by atoms with van der Waals surface area (Å²) in [6.07, 6.45) is 0.703. The summed E-state index contributed by atoms with van der Waals surface area (Å²) >= 11 is 0. The fourth-order valence-corrected chi connectivity index (χ4v) is 4.56. The number of hydrogen-bond donors (Lipinski definition) is 3. The van der Waals surface area contributed by atoms with Gasteiger partial charge in [-0.2, -0.15) is 13.7 Å². The highest BCUT2D eigenvalue weighted by molar-refractivity contribution is 7.88. The van der Waals surface area contributed by atoms with Crippen LogP contribution in [0.25, 0.3) is 10.8 Å². The molecule has 38 heavy (non-hydrogen) atoms. The lowest BCUT2D eigenvalue weighted by atomic mass is 10.1. The van der Waals surface area contributed by atoms with E-state index in [9.17, 15) is 22.4 Å². The maximum atomic E-state index is 11.7. The largest absolute Gasteiger partial charge is 0.385 e. The number of aromatic nitrogens is 1. The van der Waals surface area contributed by atoms with E-state index in [-0.39, 0.29) is 10.5 Å². The number of pyridine rings is 1. The molecule has 0 spiro atoms. The van der Waals surface area contributed by atoms with Gasteiger partial charge in [-0.05, 0) is 42.3 Å². The fraction of sp³-hybridized carbons (Fsp3) is 0.280. The molecule has 200 valence electrons. The van der Waals surface area contributed by atoms with Gasteiger partial charge in [0.2, 0.25) is 0 Å². The fourth-order valence-electron chi connectivity index (χ4n) is 3.58. The molecule has 0 aliphatic carbocycles. The molecule has 0 aliphatic heterocycles. The minimum absolute atomic E-state index is 0.222. The van der Waals surface area contributed by atoms with Crippen molar-refractivity contribution in [3.8, 4) is 6.07 Å². The molecule has 1 aromatic heterocycles. The second-order valence-corrected chi connectivity index (χ2v) is 11.0. The number of nitriles is 1. The van der Waals surface area contributed by atoms with Crippen LogP contribution in [0.2, 0.25) is 0 Å². The van der Waals surface area contributed by atoms with E-state index in [2.05, 4.69) is 38.5 Å². The topological polar surface area (TPSA) is 166 Å². The zero-order valence-corrected chi connectivity index (χ0v) is 22.6. The molecule has 1 atom stereocenters. The van der Waals surface area contributed by atoms with Crippen LogP contribution in [0.15, 0.2) is 63.5 Å². The van der Waals surface area contributed by atoms with Crippen LogP contribution in [-0.4, -0.2) is 54.7 Å². The molecule has 0 radical (unpaired) electrons. The van der Waals surface area contributed by atoms with Crippen molar-refractivity contribution < 1.29 is 21.9 Å². The lowest BCUT2D eigenvalue weighted by Crippen LogP contribution is -2.14. The number of anilines is 2. The van der Waals surface area contributed by atoms with Crippen molar-refractivity contribution >= 4 is 54.7 Å². The van der Waals surface area contributed by atoms with Crippen LogP contribution in [0.1, 0.15) is 17.5 Å². The predicted molar refractivity (Wildman–Crippen MR) is 148 cm³/mol. The van der Waals surface area contributed by atoms with E-state index in [4.69, 9.17) is 4.74 Å². The van der Waals surface area contributed by atoms with Crippen LogP contribution < -0.4 is 10.6 Å². The van der Waals surface area contributed by atoms with E-state index >= 15 is 0 Å². The van der Waals surface area contributed by atoms with Gasteiger partial charge in [-0.1, -0.05) is 24.8 Å². The van der Waals surface area contributed by atoms with Crippen molar-refractivity contribution in [2.24, 2.45) is 10.2 Å². The van der Waals surface area contributed by atoms with E-state index in [1.807, 2.05) is 0 Å². The van der Waals surface area contributed by atoms with Crippen LogP contribution in [0.4, 0.5) is 23.0 Å². The normalized spacial score (nSPS) is 12.4. The van der Waals surface area contributed by atoms with Gasteiger partial charge in [-0.15, -0.1) is 10.2 Å². The summed E-state index contributed by atoms with van der Waals surface area (Å²) in [5, 5.41) is 27.5. The number of fused-ring (bicyclic) bond motifs is 1. The van der Waals surface area contributed by atoms with E-state index in [0.717, 1.165) is 0 Å². The summed E-state index contributed by atoms with van der Waals surface area (Å²) in [5.74, 6) is 1.05. The first-order valence-electron chi connectivity index (χ1n) is 11.5. The molecule has 0 amide bonds. The number of azo groups is 1. The first kappa shape index (κ1) is 28.9. The third kappa shape index (κ3) is 7.20. The summed E-state index contributed by atoms with van der Waals surface area (Å²) < 4.78 is 49.2. The number of nitrogens with one attached hydrogen (secondary N) is 2. The predicted octanol–water partition coefficient (Wildman–Crippen LogP) is 4.83. The third-order valence-corrected chi connectivity index (χ3v) is 7.34. The highest BCUT2D eigenvalue weighted by Crippen LogP contribution is 2.36. The van der Waals surface area contributed by atoms with Crippen molar-refractivity contribution in [2.75, 3.05) is 43.2 Å². The Kier molecular flexibility index (Phi) is 10.0. The van der Waals surface area contributed by atoms with Crippen molar-refractivity contribution in [3.63, 3.8) is 0 Å². The van der Waals surface area contributed by atoms with Crippen LogP contribution in [0, 0.1) is 18.3 Å². The maximum absolute atomic E-state index is 11.7. The van der Waals surface area contributed by atoms with Crippen molar-refractivity contribution in [2.45, 2.75) is 18.2 Å². The summed E-state index contributed by atoms with van der Waals surface area (Å²) in [5.41, 5.74) is 1.65. The van der Waals surface area contributed by atoms with E-state index in [0.29, 0.717) is 71.2 Å². The van der Waals surface area contributed by atoms with Gasteiger partial charge < -0.3 is 15.4 Å². The Morgan fingerprint density at radius 2 is 1.97 bits per heavy atom. The third-order valence-electron chi connectivity index (χ3n) is 5.51. The number of hydrogen-bond acceptors (Lipinski definition) is 10. The average Bonchev–Trinajstić information content (AvgIpc) is 2.89. The lowest BCUT2D eigenvalue weighted by molar-refractivity contribution is 0.198. The molecule has 0 aliphatic rings. The SMILES string of the molecule is C=CS(=O)CCNc1nc(NCCCOC)c(N=Nc2cccc3cc(S(=O)(=O)O)ccc23)c(C)c1C#N. The lowest BCUT2D eigenvalue weighted by Gasteiger charge is -2.15. The highest BCUT2D eigenvalue weighted by atomic mass is 32.2. The smallest absolute Gasteiger partial charge is 0.294 e. The Morgan fingerprint density at radius 3 is 2.66 bits per heavy atom. The van der Waals surface area contributed by atoms with Crippen LogP contribution >= 0.6 is 0 Å². The molecule has 1 heterocycles. The van der Waals surface area contributed by atoms with Crippen molar-refractivity contribution in [1.29, 1.82) is 5.26 Å². The average molecular weight is 557 g/mol. The molecular formula is C25H28N6O5S2. The molecule has 0 bridgehead atoms. The second-order valence-electron chi connectivity index (χ2n) is 8.06. The summed E-state index contributed by atoms with van der Waals surface area (Å²) in [7, 11) is -3.93. The molecule has 0 fully saturated rings. The summed E-state index contributed by atoms with van der Waals surface area (Å²) in [6, 6.07) is 11.5. The first-order chi connectivity index (χ1) is 18.2. The first-order valence-corrected chi connectivity index (χ1v) is 14.3. The standard InChI is InChI=1S/C25H28N6O5S2/c1-4-37(32)14-12-28-24-21(16-26)17(2)23(25(29-24)27-11-6-13-36-3)31-30-22-8-5-7-18-15-19(38(33,34)35)9-10-20(18)22/h4-5,7-10,15H,1,6,11-14H2,2-3H3,(H2,27,28,29)(H,33,34,35). The number of benzene rings is 2. The quantitative estimate of drug-likeness (QED) is 0.152. The molecule has 1 unspecified atom stereocenters. The minimum Gasteiger partial charge on any atom is -0.385 e. The molecule has 11 nitrogen and oxygen atoms in total. The molecule has 0 saturated carbocycles. The Labute approximate surface area is 223 Å². The van der Waals surface area contributed by atoms with Gasteiger partial charge in [-0.3, -0.25) is 8.76 Å². The minimum atomic E-state index is -4.35. The van der Waals surface area contributed by atoms with Gasteiger partial charge in [0, 0.05) is 54.3 Å². The summed E-state index contributed by atoms with van der Waals surface area (Å²) in [4.78, 5) is 4.36. The molecule has 2 aromatic carbocycles. The van der Waals surface area contributed by atoms with Crippen LogP contribution in [0.3, 0.4) is 0 Å². The number of ether oxygens (including phenoxy) is 1. The Hall–Kier alpha value is -3.70. The molecule has 0 saturated heterocycles. The Balaban J connectivity index is 2.03. The summed E-state index contributed by atoms with van der Waals surface area (Å²) in [6.45, 7) is 6.65. The maximum Gasteiger partial charge on any atom is 0.294 e. The highest BCUT2D eigenvalue weighted by Gasteiger charge is 2.18. The Bertz CT molecular complexity index is 1530. The van der Waals surface area contributed by atoms with Crippen LogP contribution in [-0.2, 0) is 25.7 Å². The van der Waals surface area contributed by atoms with Gasteiger partial charge in [0.25, 0.3) is 10.1 Å². The molecule has 3 N–H and O–H groups in total. The number of methoxy groups -OCH3 is 1. The zero-order chi connectivity index (χ0) is 27.7. The molecule has 3 rings (SSSR count). The monoisotopic (exact) mass is 556 g/mol. The number of rotatable bonds is 13. The van der Waals surface area contributed by atoms with Gasteiger partial charge in [-0.25, -0.2) is 4.98 Å². The van der Waals surface area contributed by atoms with Gasteiger partial charge in [0.1, 0.15) is 17.6 Å². The van der Waals surface area contributed by atoms with E-state index in [1.165, 1.54) is 17.5 Å². The van der Waals surface area contributed by atoms with E-state index < -0.39 is 20.9 Å². The van der Waals surface area contributed by atoms with E-state index in [1.54, 1.807) is 38.3 Å². The van der Waals surface area contributed by atoms with Crippen LogP contribution in [0.5, 0.6) is 0 Å².